The van der Waals surface area contributed by atoms with E-state index in [1.807, 2.05) is 43.3 Å². The largest absolute Gasteiger partial charge is 0.507 e. The Labute approximate surface area is 200 Å². The van der Waals surface area contributed by atoms with Crippen LogP contribution in [-0.4, -0.2) is 40.8 Å². The first-order valence-corrected chi connectivity index (χ1v) is 12.1. The van der Waals surface area contributed by atoms with E-state index in [4.69, 9.17) is 4.74 Å². The fourth-order valence-electron chi connectivity index (χ4n) is 5.03. The minimum absolute atomic E-state index is 0.215. The number of ether oxygens (including phenoxy) is 1. The molecule has 0 amide bonds. The minimum Gasteiger partial charge on any atom is -0.507 e. The lowest BCUT2D eigenvalue weighted by Crippen LogP contribution is -2.33. The van der Waals surface area contributed by atoms with Gasteiger partial charge in [-0.25, -0.2) is 4.39 Å². The number of phenolic OH excluding ortho intramolecular Hbond substituents is 1. The minimum atomic E-state index is -0.261. The summed E-state index contributed by atoms with van der Waals surface area (Å²) in [5.74, 6) is 0.826. The summed E-state index contributed by atoms with van der Waals surface area (Å²) in [5.41, 5.74) is 4.66. The fraction of sp³-hybridized carbons (Fsp3) is 0.310. The molecule has 1 fully saturated rings. The molecule has 1 aliphatic rings. The zero-order valence-electron chi connectivity index (χ0n) is 19.6. The van der Waals surface area contributed by atoms with E-state index in [1.165, 1.54) is 38.4 Å². The number of nitrogens with zero attached hydrogens (tertiary/aromatic N) is 2. The molecule has 4 aromatic rings. The standard InChI is InChI=1S/C29H31FN2O2/c1-21-26-19-23(30)11-14-27(26)32(29(21)25-7-3-4-8-28(25)33)20-22-9-12-24(13-10-22)34-18-17-31-15-5-2-6-16-31/h3-4,7-14,19,33H,2,5-6,15-18,20H2,1H3. The summed E-state index contributed by atoms with van der Waals surface area (Å²) in [6.45, 7) is 6.61. The molecule has 0 radical (unpaired) electrons. The van der Waals surface area contributed by atoms with Crippen LogP contribution < -0.4 is 4.74 Å². The Kier molecular flexibility index (Phi) is 6.54. The molecule has 4 nitrogen and oxygen atoms in total. The highest BCUT2D eigenvalue weighted by Crippen LogP contribution is 2.38. The molecule has 0 spiro atoms. The van der Waals surface area contributed by atoms with E-state index in [0.29, 0.717) is 13.2 Å². The van der Waals surface area contributed by atoms with Crippen LogP contribution in [0.4, 0.5) is 4.39 Å². The third-order valence-electron chi connectivity index (χ3n) is 6.83. The zero-order chi connectivity index (χ0) is 23.5. The van der Waals surface area contributed by atoms with Crippen molar-refractivity contribution in [1.82, 2.24) is 9.47 Å². The molecule has 0 aliphatic carbocycles. The third-order valence-corrected chi connectivity index (χ3v) is 6.83. The summed E-state index contributed by atoms with van der Waals surface area (Å²) >= 11 is 0. The number of benzene rings is 3. The molecule has 0 unspecified atom stereocenters. The van der Waals surface area contributed by atoms with Crippen LogP contribution in [0.1, 0.15) is 30.4 Å². The van der Waals surface area contributed by atoms with Gasteiger partial charge >= 0.3 is 0 Å². The zero-order valence-corrected chi connectivity index (χ0v) is 19.6. The Hall–Kier alpha value is -3.31. The Balaban J connectivity index is 1.39. The SMILES string of the molecule is Cc1c(-c2ccccc2O)n(Cc2ccc(OCCN3CCCCC3)cc2)c2ccc(F)cc12. The van der Waals surface area contributed by atoms with Gasteiger partial charge in [-0.15, -0.1) is 0 Å². The van der Waals surface area contributed by atoms with Gasteiger partial charge < -0.3 is 14.4 Å². The summed E-state index contributed by atoms with van der Waals surface area (Å²) in [6, 6.07) is 20.4. The molecule has 34 heavy (non-hydrogen) atoms. The van der Waals surface area contributed by atoms with E-state index < -0.39 is 0 Å². The van der Waals surface area contributed by atoms with Crippen LogP contribution in [0.2, 0.25) is 0 Å². The fourth-order valence-corrected chi connectivity index (χ4v) is 5.03. The summed E-state index contributed by atoms with van der Waals surface area (Å²) in [4.78, 5) is 2.47. The predicted octanol–water partition coefficient (Wildman–Crippen LogP) is 6.37. The molecule has 0 saturated carbocycles. The number of aryl methyl sites for hydroxylation is 1. The normalized spacial score (nSPS) is 14.5. The Morgan fingerprint density at radius 1 is 0.941 bits per heavy atom. The van der Waals surface area contributed by atoms with Gasteiger partial charge in [-0.3, -0.25) is 4.90 Å². The van der Waals surface area contributed by atoms with Gasteiger partial charge in [0.1, 0.15) is 23.9 Å². The van der Waals surface area contributed by atoms with E-state index in [9.17, 15) is 9.50 Å². The van der Waals surface area contributed by atoms with Crippen molar-refractivity contribution in [3.8, 4) is 22.8 Å². The number of rotatable bonds is 7. The first-order chi connectivity index (χ1) is 16.6. The summed E-state index contributed by atoms with van der Waals surface area (Å²) in [7, 11) is 0. The Bertz CT molecular complexity index is 1270. The summed E-state index contributed by atoms with van der Waals surface area (Å²) in [5, 5.41) is 11.4. The van der Waals surface area contributed by atoms with Crippen LogP contribution in [0.15, 0.2) is 66.7 Å². The second kappa shape index (κ2) is 9.90. The van der Waals surface area contributed by atoms with Crippen molar-refractivity contribution in [2.45, 2.75) is 32.7 Å². The summed E-state index contributed by atoms with van der Waals surface area (Å²) in [6.07, 6.45) is 3.92. The van der Waals surface area contributed by atoms with Gasteiger partial charge in [-0.2, -0.15) is 0 Å². The first kappa shape index (κ1) is 22.5. The maximum atomic E-state index is 14.1. The van der Waals surface area contributed by atoms with Crippen LogP contribution in [0.5, 0.6) is 11.5 Å². The molecule has 1 N–H and O–H groups in total. The second-order valence-corrected chi connectivity index (χ2v) is 9.13. The number of hydrogen-bond donors (Lipinski definition) is 1. The number of para-hydroxylation sites is 1. The van der Waals surface area contributed by atoms with Gasteiger partial charge in [0.15, 0.2) is 0 Å². The average molecular weight is 459 g/mol. The van der Waals surface area contributed by atoms with E-state index >= 15 is 0 Å². The van der Waals surface area contributed by atoms with Crippen molar-refractivity contribution in [2.24, 2.45) is 0 Å². The number of phenols is 1. The van der Waals surface area contributed by atoms with Crippen molar-refractivity contribution in [1.29, 1.82) is 0 Å². The maximum absolute atomic E-state index is 14.1. The molecule has 2 heterocycles. The molecular formula is C29H31FN2O2. The van der Waals surface area contributed by atoms with Crippen molar-refractivity contribution in [3.63, 3.8) is 0 Å². The van der Waals surface area contributed by atoms with E-state index in [-0.39, 0.29) is 11.6 Å². The van der Waals surface area contributed by atoms with Crippen LogP contribution in [0, 0.1) is 12.7 Å². The number of piperidine rings is 1. The van der Waals surface area contributed by atoms with E-state index in [1.54, 1.807) is 12.1 Å². The lowest BCUT2D eigenvalue weighted by molar-refractivity contribution is 0.183. The molecule has 176 valence electrons. The van der Waals surface area contributed by atoms with Crippen molar-refractivity contribution >= 4 is 10.9 Å². The highest BCUT2D eigenvalue weighted by atomic mass is 19.1. The highest BCUT2D eigenvalue weighted by molar-refractivity contribution is 5.92. The van der Waals surface area contributed by atoms with Crippen LogP contribution in [0.3, 0.4) is 0 Å². The van der Waals surface area contributed by atoms with Crippen LogP contribution >= 0.6 is 0 Å². The third kappa shape index (κ3) is 4.66. The molecular weight excluding hydrogens is 427 g/mol. The first-order valence-electron chi connectivity index (χ1n) is 12.1. The van der Waals surface area contributed by atoms with Gasteiger partial charge in [0.2, 0.25) is 0 Å². The monoisotopic (exact) mass is 458 g/mol. The van der Waals surface area contributed by atoms with Crippen molar-refractivity contribution in [2.75, 3.05) is 26.2 Å². The number of likely N-dealkylation sites (tertiary alicyclic amines) is 1. The lowest BCUT2D eigenvalue weighted by Gasteiger charge is -2.26. The molecule has 1 aliphatic heterocycles. The van der Waals surface area contributed by atoms with Gasteiger partial charge in [0.25, 0.3) is 0 Å². The molecule has 3 aromatic carbocycles. The molecule has 1 saturated heterocycles. The smallest absolute Gasteiger partial charge is 0.124 e. The van der Waals surface area contributed by atoms with Crippen molar-refractivity contribution < 1.29 is 14.2 Å². The number of aromatic nitrogens is 1. The lowest BCUT2D eigenvalue weighted by atomic mass is 10.1. The molecule has 5 rings (SSSR count). The molecule has 5 heteroatoms. The topological polar surface area (TPSA) is 37.6 Å². The van der Waals surface area contributed by atoms with Crippen molar-refractivity contribution in [3.05, 3.63) is 83.7 Å². The summed E-state index contributed by atoms with van der Waals surface area (Å²) < 4.78 is 22.2. The Morgan fingerprint density at radius 2 is 1.71 bits per heavy atom. The maximum Gasteiger partial charge on any atom is 0.124 e. The molecule has 1 aromatic heterocycles. The number of aromatic hydroxyl groups is 1. The van der Waals surface area contributed by atoms with Gasteiger partial charge in [0, 0.05) is 29.6 Å². The van der Waals surface area contributed by atoms with Gasteiger partial charge in [-0.05, 0) is 86.4 Å². The highest BCUT2D eigenvalue weighted by Gasteiger charge is 2.19. The molecule has 0 atom stereocenters. The quantitative estimate of drug-likeness (QED) is 0.349. The van der Waals surface area contributed by atoms with Crippen LogP contribution in [0.25, 0.3) is 22.2 Å². The van der Waals surface area contributed by atoms with E-state index in [2.05, 4.69) is 21.6 Å². The average Bonchev–Trinajstić information content (AvgIpc) is 3.12. The number of halogens is 1. The Morgan fingerprint density at radius 3 is 2.47 bits per heavy atom. The van der Waals surface area contributed by atoms with Crippen LogP contribution in [-0.2, 0) is 6.54 Å². The van der Waals surface area contributed by atoms with Gasteiger partial charge in [0.05, 0.1) is 5.69 Å². The number of hydrogen-bond acceptors (Lipinski definition) is 3. The van der Waals surface area contributed by atoms with Gasteiger partial charge in [-0.1, -0.05) is 30.7 Å². The molecule has 0 bridgehead atoms. The predicted molar refractivity (Wildman–Crippen MR) is 135 cm³/mol. The van der Waals surface area contributed by atoms with E-state index in [0.717, 1.165) is 45.6 Å². The second-order valence-electron chi connectivity index (χ2n) is 9.13. The number of fused-ring (bicyclic) bond motifs is 1.